The van der Waals surface area contributed by atoms with E-state index in [1.807, 2.05) is 30.8 Å². The molecule has 0 bridgehead atoms. The van der Waals surface area contributed by atoms with Crippen molar-refractivity contribution in [3.63, 3.8) is 0 Å². The summed E-state index contributed by atoms with van der Waals surface area (Å²) in [6, 6.07) is 0. The van der Waals surface area contributed by atoms with Gasteiger partial charge in [0.15, 0.2) is 5.82 Å². The molecule has 6 heteroatoms. The summed E-state index contributed by atoms with van der Waals surface area (Å²) < 4.78 is 9.83. The van der Waals surface area contributed by atoms with Crippen LogP contribution in [0.1, 0.15) is 18.7 Å². The molecule has 2 rings (SSSR count). The lowest BCUT2D eigenvalue weighted by molar-refractivity contribution is 0.0632. The fourth-order valence-electron chi connectivity index (χ4n) is 1.74. The number of ether oxygens (including phenoxy) is 1. The fraction of sp³-hybridized carbons (Fsp3) is 0.818. The van der Waals surface area contributed by atoms with Gasteiger partial charge in [0.05, 0.1) is 12.4 Å². The third kappa shape index (κ3) is 4.12. The minimum atomic E-state index is 0.723. The molecule has 0 amide bonds. The number of hydrogen-bond acceptors (Lipinski definition) is 6. The molecule has 0 aromatic carbocycles. The third-order valence-corrected chi connectivity index (χ3v) is 4.77. The Morgan fingerprint density at radius 3 is 3.06 bits per heavy atom. The fourth-order valence-corrected chi connectivity index (χ4v) is 3.45. The van der Waals surface area contributed by atoms with Crippen molar-refractivity contribution >= 4 is 28.4 Å². The molecule has 2 heterocycles. The van der Waals surface area contributed by atoms with Gasteiger partial charge in [0, 0.05) is 32.2 Å². The van der Waals surface area contributed by atoms with E-state index < -0.39 is 0 Å². The Bertz CT molecular complexity index is 337. The smallest absolute Gasteiger partial charge is 0.204 e. The number of nitrogens with zero attached hydrogens (tertiary/aromatic N) is 3. The van der Waals surface area contributed by atoms with E-state index in [-0.39, 0.29) is 0 Å². The number of aromatic nitrogens is 2. The first kappa shape index (κ1) is 13.1. The molecule has 17 heavy (non-hydrogen) atoms. The maximum Gasteiger partial charge on any atom is 0.204 e. The van der Waals surface area contributed by atoms with E-state index in [4.69, 9.17) is 4.74 Å². The second-order valence-corrected chi connectivity index (χ2v) is 6.25. The van der Waals surface area contributed by atoms with Crippen molar-refractivity contribution in [3.8, 4) is 0 Å². The van der Waals surface area contributed by atoms with Crippen LogP contribution in [0.25, 0.3) is 0 Å². The molecule has 0 unspecified atom stereocenters. The van der Waals surface area contributed by atoms with E-state index in [9.17, 15) is 0 Å². The van der Waals surface area contributed by atoms with Gasteiger partial charge in [0.2, 0.25) is 5.13 Å². The van der Waals surface area contributed by atoms with Gasteiger partial charge in [-0.25, -0.2) is 4.98 Å². The average Bonchev–Trinajstić information content (AvgIpc) is 2.79. The highest BCUT2D eigenvalue weighted by atomic mass is 32.2. The maximum absolute atomic E-state index is 5.47. The molecule has 0 saturated carbocycles. The van der Waals surface area contributed by atoms with Crippen LogP contribution in [0.15, 0.2) is 0 Å². The SMILES string of the molecule is CN(C)c1nc(CSC[C@@H]2CCCOC2)ns1. The van der Waals surface area contributed by atoms with Crippen molar-refractivity contribution in [2.24, 2.45) is 5.92 Å². The van der Waals surface area contributed by atoms with E-state index in [0.717, 1.165) is 41.6 Å². The number of hydrogen-bond donors (Lipinski definition) is 0. The lowest BCUT2D eigenvalue weighted by atomic mass is 10.1. The predicted molar refractivity (Wildman–Crippen MR) is 73.9 cm³/mol. The Labute approximate surface area is 111 Å². The number of anilines is 1. The minimum absolute atomic E-state index is 0.723. The Balaban J connectivity index is 1.70. The normalized spacial score (nSPS) is 20.5. The second kappa shape index (κ2) is 6.56. The monoisotopic (exact) mass is 273 g/mol. The van der Waals surface area contributed by atoms with Crippen LogP contribution in [0.4, 0.5) is 5.13 Å². The Kier molecular flexibility index (Phi) is 5.06. The molecule has 1 aliphatic heterocycles. The average molecular weight is 273 g/mol. The zero-order valence-corrected chi connectivity index (χ0v) is 12.0. The van der Waals surface area contributed by atoms with Crippen molar-refractivity contribution in [1.82, 2.24) is 9.36 Å². The van der Waals surface area contributed by atoms with Gasteiger partial charge in [-0.1, -0.05) is 0 Å². The first-order valence-corrected chi connectivity index (χ1v) is 7.84. The molecule has 1 aromatic heterocycles. The van der Waals surface area contributed by atoms with Crippen molar-refractivity contribution in [2.75, 3.05) is 38.0 Å². The zero-order valence-electron chi connectivity index (χ0n) is 10.4. The molecule has 1 fully saturated rings. The minimum Gasteiger partial charge on any atom is -0.381 e. The van der Waals surface area contributed by atoms with E-state index in [2.05, 4.69) is 9.36 Å². The highest BCUT2D eigenvalue weighted by Crippen LogP contribution is 2.22. The van der Waals surface area contributed by atoms with Crippen molar-refractivity contribution in [1.29, 1.82) is 0 Å². The van der Waals surface area contributed by atoms with Crippen LogP contribution in [-0.2, 0) is 10.5 Å². The molecule has 4 nitrogen and oxygen atoms in total. The summed E-state index contributed by atoms with van der Waals surface area (Å²) in [5.74, 6) is 3.76. The summed E-state index contributed by atoms with van der Waals surface area (Å²) in [6.45, 7) is 1.88. The van der Waals surface area contributed by atoms with E-state index >= 15 is 0 Å². The maximum atomic E-state index is 5.47. The summed E-state index contributed by atoms with van der Waals surface area (Å²) in [4.78, 5) is 6.47. The molecule has 96 valence electrons. The van der Waals surface area contributed by atoms with Gasteiger partial charge >= 0.3 is 0 Å². The van der Waals surface area contributed by atoms with Crippen LogP contribution in [0.5, 0.6) is 0 Å². The van der Waals surface area contributed by atoms with Crippen LogP contribution >= 0.6 is 23.3 Å². The largest absolute Gasteiger partial charge is 0.381 e. The Morgan fingerprint density at radius 2 is 2.41 bits per heavy atom. The molecule has 1 aliphatic rings. The van der Waals surface area contributed by atoms with Crippen molar-refractivity contribution in [2.45, 2.75) is 18.6 Å². The van der Waals surface area contributed by atoms with Gasteiger partial charge in [0.25, 0.3) is 0 Å². The predicted octanol–water partition coefficient (Wildman–Crippen LogP) is 2.26. The van der Waals surface area contributed by atoms with Crippen LogP contribution in [0.3, 0.4) is 0 Å². The van der Waals surface area contributed by atoms with E-state index in [0.29, 0.717) is 0 Å². The Hall–Kier alpha value is -0.330. The summed E-state index contributed by atoms with van der Waals surface area (Å²) in [5, 5.41) is 0.988. The molecule has 1 atom stereocenters. The third-order valence-electron chi connectivity index (χ3n) is 2.68. The lowest BCUT2D eigenvalue weighted by Gasteiger charge is -2.21. The molecular weight excluding hydrogens is 254 g/mol. The Morgan fingerprint density at radius 1 is 1.53 bits per heavy atom. The molecule has 0 radical (unpaired) electrons. The van der Waals surface area contributed by atoms with Gasteiger partial charge in [-0.3, -0.25) is 0 Å². The van der Waals surface area contributed by atoms with Crippen LogP contribution in [-0.4, -0.2) is 42.4 Å². The summed E-state index contributed by atoms with van der Waals surface area (Å²) in [7, 11) is 3.99. The molecule has 1 saturated heterocycles. The summed E-state index contributed by atoms with van der Waals surface area (Å²) in [6.07, 6.45) is 2.52. The van der Waals surface area contributed by atoms with E-state index in [1.165, 1.54) is 24.4 Å². The first-order valence-electron chi connectivity index (χ1n) is 5.91. The van der Waals surface area contributed by atoms with Gasteiger partial charge in [-0.15, -0.1) is 0 Å². The highest BCUT2D eigenvalue weighted by molar-refractivity contribution is 7.98. The van der Waals surface area contributed by atoms with Gasteiger partial charge < -0.3 is 9.64 Å². The lowest BCUT2D eigenvalue weighted by Crippen LogP contribution is -2.19. The molecule has 0 spiro atoms. The van der Waals surface area contributed by atoms with Crippen molar-refractivity contribution < 1.29 is 4.74 Å². The van der Waals surface area contributed by atoms with Gasteiger partial charge in [0.1, 0.15) is 0 Å². The summed E-state index contributed by atoms with van der Waals surface area (Å²) in [5.41, 5.74) is 0. The number of rotatable bonds is 5. The quantitative estimate of drug-likeness (QED) is 0.823. The molecule has 0 aliphatic carbocycles. The zero-order chi connectivity index (χ0) is 12.1. The van der Waals surface area contributed by atoms with Gasteiger partial charge in [-0.2, -0.15) is 16.1 Å². The highest BCUT2D eigenvalue weighted by Gasteiger charge is 2.14. The molecule has 0 N–H and O–H groups in total. The molecule has 1 aromatic rings. The topological polar surface area (TPSA) is 38.2 Å². The van der Waals surface area contributed by atoms with Crippen LogP contribution in [0, 0.1) is 5.92 Å². The second-order valence-electron chi connectivity index (χ2n) is 4.49. The standard InChI is InChI=1S/C11H19N3OS2/c1-14(2)11-12-10(13-17-11)8-16-7-9-4-3-5-15-6-9/h9H,3-8H2,1-2H3/t9-/m1/s1. The first-order chi connectivity index (χ1) is 8.25. The van der Waals surface area contributed by atoms with Gasteiger partial charge in [-0.05, 0) is 24.5 Å². The number of thioether (sulfide) groups is 1. The van der Waals surface area contributed by atoms with E-state index in [1.54, 1.807) is 0 Å². The van der Waals surface area contributed by atoms with Crippen molar-refractivity contribution in [3.05, 3.63) is 5.82 Å². The van der Waals surface area contributed by atoms with Crippen LogP contribution in [0.2, 0.25) is 0 Å². The summed E-state index contributed by atoms with van der Waals surface area (Å²) >= 11 is 3.39. The molecular formula is C11H19N3OS2. The van der Waals surface area contributed by atoms with Crippen LogP contribution < -0.4 is 4.90 Å².